The zero-order valence-electron chi connectivity index (χ0n) is 14.3. The van der Waals surface area contributed by atoms with Crippen molar-refractivity contribution in [1.82, 2.24) is 0 Å². The molecule has 1 rings (SSSR count). The minimum atomic E-state index is -0.0870. The molecule has 0 amide bonds. The fourth-order valence-electron chi connectivity index (χ4n) is 3.33. The number of carbonyl (C=O) groups excluding carboxylic acids is 1. The quantitative estimate of drug-likeness (QED) is 0.572. The van der Waals surface area contributed by atoms with E-state index < -0.39 is 0 Å². The summed E-state index contributed by atoms with van der Waals surface area (Å²) in [5.41, 5.74) is 0.818. The first-order chi connectivity index (χ1) is 10.0. The molecule has 0 bridgehead atoms. The van der Waals surface area contributed by atoms with Crippen LogP contribution in [0.3, 0.4) is 0 Å². The van der Waals surface area contributed by atoms with Gasteiger partial charge in [-0.3, -0.25) is 4.79 Å². The Morgan fingerprint density at radius 1 is 1.19 bits per heavy atom. The lowest BCUT2D eigenvalue weighted by atomic mass is 9.68. The maximum absolute atomic E-state index is 11.9. The maximum Gasteiger partial charge on any atom is 0.158 e. The lowest BCUT2D eigenvalue weighted by Gasteiger charge is -2.37. The first-order valence-corrected chi connectivity index (χ1v) is 8.84. The van der Waals surface area contributed by atoms with Crippen molar-refractivity contribution in [3.8, 4) is 0 Å². The normalized spacial score (nSPS) is 22.0. The topological polar surface area (TPSA) is 37.3 Å². The molecule has 0 fully saturated rings. The van der Waals surface area contributed by atoms with Crippen LogP contribution in [0.2, 0.25) is 0 Å². The van der Waals surface area contributed by atoms with Gasteiger partial charge in [-0.15, -0.1) is 0 Å². The van der Waals surface area contributed by atoms with Gasteiger partial charge in [0.15, 0.2) is 5.78 Å². The highest BCUT2D eigenvalue weighted by Gasteiger charge is 2.35. The van der Waals surface area contributed by atoms with E-state index in [-0.39, 0.29) is 17.8 Å². The third-order valence-electron chi connectivity index (χ3n) is 5.28. The number of ketones is 1. The number of allylic oxidation sites excluding steroid dienone is 2. The molecule has 1 aliphatic carbocycles. The highest BCUT2D eigenvalue weighted by atomic mass is 16.3. The molecule has 2 heteroatoms. The molecule has 0 saturated carbocycles. The van der Waals surface area contributed by atoms with E-state index in [4.69, 9.17) is 0 Å². The van der Waals surface area contributed by atoms with Gasteiger partial charge >= 0.3 is 0 Å². The average Bonchev–Trinajstić information content (AvgIpc) is 2.49. The molecule has 21 heavy (non-hydrogen) atoms. The molecule has 1 unspecified atom stereocenters. The molecule has 122 valence electrons. The zero-order chi connectivity index (χ0) is 15.7. The third-order valence-corrected chi connectivity index (χ3v) is 5.28. The molecule has 0 radical (unpaired) electrons. The SMILES string of the molecule is CCCCCCCCCC(C)(CO)[C@@H]1CC=C(C)C(=O)C1. The van der Waals surface area contributed by atoms with Gasteiger partial charge in [0.25, 0.3) is 0 Å². The van der Waals surface area contributed by atoms with Crippen LogP contribution in [-0.2, 0) is 4.79 Å². The molecule has 2 atom stereocenters. The number of unbranched alkanes of at least 4 members (excludes halogenated alkanes) is 6. The highest BCUT2D eigenvalue weighted by Crippen LogP contribution is 2.40. The van der Waals surface area contributed by atoms with E-state index in [0.717, 1.165) is 18.4 Å². The fourth-order valence-corrected chi connectivity index (χ4v) is 3.33. The van der Waals surface area contributed by atoms with Crippen LogP contribution >= 0.6 is 0 Å². The van der Waals surface area contributed by atoms with Crippen molar-refractivity contribution < 1.29 is 9.90 Å². The monoisotopic (exact) mass is 294 g/mol. The van der Waals surface area contributed by atoms with Gasteiger partial charge in [-0.05, 0) is 36.7 Å². The molecule has 1 aliphatic rings. The lowest BCUT2D eigenvalue weighted by molar-refractivity contribution is -0.118. The summed E-state index contributed by atoms with van der Waals surface area (Å²) in [6.45, 7) is 6.52. The molecule has 0 aromatic carbocycles. The highest BCUT2D eigenvalue weighted by molar-refractivity contribution is 5.95. The summed E-state index contributed by atoms with van der Waals surface area (Å²) in [7, 11) is 0. The van der Waals surface area contributed by atoms with Crippen molar-refractivity contribution in [2.75, 3.05) is 6.61 Å². The predicted octanol–water partition coefficient (Wildman–Crippen LogP) is 5.05. The van der Waals surface area contributed by atoms with Crippen molar-refractivity contribution in [2.24, 2.45) is 11.3 Å². The number of carbonyl (C=O) groups is 1. The maximum atomic E-state index is 11.9. The Balaban J connectivity index is 2.33. The fraction of sp³-hybridized carbons (Fsp3) is 0.842. The van der Waals surface area contributed by atoms with Gasteiger partial charge in [-0.1, -0.05) is 64.9 Å². The summed E-state index contributed by atoms with van der Waals surface area (Å²) < 4.78 is 0. The van der Waals surface area contributed by atoms with Gasteiger partial charge in [0.2, 0.25) is 0 Å². The first kappa shape index (κ1) is 18.4. The van der Waals surface area contributed by atoms with Crippen LogP contribution in [0.15, 0.2) is 11.6 Å². The molecule has 2 nitrogen and oxygen atoms in total. The summed E-state index contributed by atoms with van der Waals surface area (Å²) in [6.07, 6.45) is 13.8. The van der Waals surface area contributed by atoms with Crippen LogP contribution in [0.1, 0.15) is 85.0 Å². The first-order valence-electron chi connectivity index (χ1n) is 8.84. The second-order valence-electron chi connectivity index (χ2n) is 7.13. The molecular weight excluding hydrogens is 260 g/mol. The third kappa shape index (κ3) is 5.94. The summed E-state index contributed by atoms with van der Waals surface area (Å²) >= 11 is 0. The van der Waals surface area contributed by atoms with Crippen molar-refractivity contribution >= 4 is 5.78 Å². The standard InChI is InChI=1S/C19H34O2/c1-4-5-6-7-8-9-10-13-19(3,15-20)17-12-11-16(2)18(21)14-17/h11,17,20H,4-10,12-15H2,1-3H3/t17-,19?/m1/s1. The Kier molecular flexibility index (Phi) is 8.24. The van der Waals surface area contributed by atoms with Crippen molar-refractivity contribution in [2.45, 2.75) is 85.0 Å². The van der Waals surface area contributed by atoms with Crippen molar-refractivity contribution in [1.29, 1.82) is 0 Å². The molecular formula is C19H34O2. The number of hydrogen-bond acceptors (Lipinski definition) is 2. The number of aliphatic hydroxyl groups excluding tert-OH is 1. The number of hydrogen-bond donors (Lipinski definition) is 1. The van der Waals surface area contributed by atoms with E-state index in [9.17, 15) is 9.90 Å². The van der Waals surface area contributed by atoms with Gasteiger partial charge in [-0.25, -0.2) is 0 Å². The van der Waals surface area contributed by atoms with E-state index in [2.05, 4.69) is 19.9 Å². The van der Waals surface area contributed by atoms with Crippen molar-refractivity contribution in [3.63, 3.8) is 0 Å². The second-order valence-corrected chi connectivity index (χ2v) is 7.13. The zero-order valence-corrected chi connectivity index (χ0v) is 14.3. The van der Waals surface area contributed by atoms with Crippen LogP contribution in [0, 0.1) is 11.3 Å². The molecule has 0 saturated heterocycles. The average molecular weight is 294 g/mol. The lowest BCUT2D eigenvalue weighted by Crippen LogP contribution is -2.34. The van der Waals surface area contributed by atoms with Gasteiger partial charge in [0, 0.05) is 13.0 Å². The van der Waals surface area contributed by atoms with Gasteiger partial charge < -0.3 is 5.11 Å². The Labute approximate surface area is 131 Å². The molecule has 0 aliphatic heterocycles. The van der Waals surface area contributed by atoms with E-state index in [1.165, 1.54) is 44.9 Å². The molecule has 0 aromatic rings. The largest absolute Gasteiger partial charge is 0.396 e. The van der Waals surface area contributed by atoms with E-state index in [1.807, 2.05) is 6.92 Å². The van der Waals surface area contributed by atoms with Crippen LogP contribution in [0.4, 0.5) is 0 Å². The predicted molar refractivity (Wildman–Crippen MR) is 89.3 cm³/mol. The number of Topliss-reactive ketones (excluding diaryl/α,β-unsaturated/α-hetero) is 1. The Morgan fingerprint density at radius 2 is 1.81 bits per heavy atom. The van der Waals surface area contributed by atoms with E-state index >= 15 is 0 Å². The summed E-state index contributed by atoms with van der Waals surface area (Å²) in [5, 5.41) is 9.83. The molecule has 0 spiro atoms. The minimum Gasteiger partial charge on any atom is -0.396 e. The van der Waals surface area contributed by atoms with Crippen LogP contribution in [0.25, 0.3) is 0 Å². The van der Waals surface area contributed by atoms with Crippen LogP contribution in [-0.4, -0.2) is 17.5 Å². The van der Waals surface area contributed by atoms with Crippen LogP contribution in [0.5, 0.6) is 0 Å². The van der Waals surface area contributed by atoms with E-state index in [1.54, 1.807) is 0 Å². The number of aliphatic hydroxyl groups is 1. The molecule has 1 N–H and O–H groups in total. The number of rotatable bonds is 10. The van der Waals surface area contributed by atoms with E-state index in [0.29, 0.717) is 12.3 Å². The summed E-state index contributed by atoms with van der Waals surface area (Å²) in [4.78, 5) is 11.9. The minimum absolute atomic E-state index is 0.0870. The van der Waals surface area contributed by atoms with Gasteiger partial charge in [0.1, 0.15) is 0 Å². The summed E-state index contributed by atoms with van der Waals surface area (Å²) in [5.74, 6) is 0.587. The molecule has 0 heterocycles. The van der Waals surface area contributed by atoms with Crippen LogP contribution < -0.4 is 0 Å². The van der Waals surface area contributed by atoms with Gasteiger partial charge in [-0.2, -0.15) is 0 Å². The second kappa shape index (κ2) is 9.40. The Hall–Kier alpha value is -0.630. The Bertz CT molecular complexity index is 345. The van der Waals surface area contributed by atoms with Crippen molar-refractivity contribution in [3.05, 3.63) is 11.6 Å². The van der Waals surface area contributed by atoms with Gasteiger partial charge in [0.05, 0.1) is 0 Å². The Morgan fingerprint density at radius 3 is 2.38 bits per heavy atom. The molecule has 0 aromatic heterocycles. The summed E-state index contributed by atoms with van der Waals surface area (Å²) in [6, 6.07) is 0. The smallest absolute Gasteiger partial charge is 0.158 e.